The van der Waals surface area contributed by atoms with Crippen LogP contribution in [0.25, 0.3) is 0 Å². The molecule has 2 aliphatic rings. The Hall–Kier alpha value is -3.85. The van der Waals surface area contributed by atoms with Crippen molar-refractivity contribution in [3.05, 3.63) is 105 Å². The summed E-state index contributed by atoms with van der Waals surface area (Å²) in [6, 6.07) is 17.2. The van der Waals surface area contributed by atoms with Crippen LogP contribution < -0.4 is 10.2 Å². The lowest BCUT2D eigenvalue weighted by Crippen LogP contribution is -2.60. The van der Waals surface area contributed by atoms with Crippen molar-refractivity contribution in [3.8, 4) is 0 Å². The molecule has 3 aromatic rings. The first-order valence-corrected chi connectivity index (χ1v) is 11.9. The number of piperazine rings is 1. The number of nitrogens with one attached hydrogen (secondary N) is 1. The number of nitro benzene ring substituents is 1. The first-order chi connectivity index (χ1) is 17.4. The van der Waals surface area contributed by atoms with Crippen LogP contribution in [0.15, 0.2) is 66.7 Å². The third-order valence-electron chi connectivity index (χ3n) is 7.00. The number of halogens is 2. The normalized spacial score (nSPS) is 19.3. The minimum atomic E-state index is -0.441. The van der Waals surface area contributed by atoms with Crippen LogP contribution in [0.4, 0.5) is 20.2 Å². The summed E-state index contributed by atoms with van der Waals surface area (Å²) in [5.74, 6) is -1.26. The molecule has 0 bridgehead atoms. The number of anilines is 1. The Morgan fingerprint density at radius 1 is 1.00 bits per heavy atom. The Labute approximate surface area is 207 Å². The molecule has 0 unspecified atom stereocenters. The number of hydrogen-bond donors (Lipinski definition) is 1. The highest BCUT2D eigenvalue weighted by Gasteiger charge is 2.41. The van der Waals surface area contributed by atoms with Crippen LogP contribution in [-0.2, 0) is 24.3 Å². The molecule has 1 fully saturated rings. The Morgan fingerprint density at radius 2 is 1.81 bits per heavy atom. The van der Waals surface area contributed by atoms with E-state index in [4.69, 9.17) is 0 Å². The molecule has 1 saturated heterocycles. The quantitative estimate of drug-likeness (QED) is 0.415. The van der Waals surface area contributed by atoms with E-state index in [9.17, 15) is 23.7 Å². The molecule has 186 valence electrons. The van der Waals surface area contributed by atoms with Gasteiger partial charge in [-0.05, 0) is 53.4 Å². The zero-order valence-electron chi connectivity index (χ0n) is 19.6. The molecule has 2 aliphatic heterocycles. The van der Waals surface area contributed by atoms with Crippen molar-refractivity contribution < 1.29 is 18.5 Å². The van der Waals surface area contributed by atoms with Crippen molar-refractivity contribution in [2.45, 2.75) is 25.6 Å². The van der Waals surface area contributed by atoms with Crippen LogP contribution in [0.5, 0.6) is 0 Å². The van der Waals surface area contributed by atoms with Gasteiger partial charge in [-0.15, -0.1) is 0 Å². The van der Waals surface area contributed by atoms with Crippen molar-refractivity contribution >= 4 is 17.3 Å². The van der Waals surface area contributed by atoms with Crippen LogP contribution in [0, 0.1) is 27.7 Å². The van der Waals surface area contributed by atoms with Gasteiger partial charge in [-0.25, -0.2) is 8.78 Å². The standard InChI is InChI=1S/C27H26F2N4O3/c28-21-6-4-18(5-7-21)16-31-10-11-32-25-9-8-23(33(35)36)13-20(25)14-24(26(32)17-31)27(34)30-15-19-2-1-3-22(29)12-19/h1-9,12-13,24,26H,10-11,14-17H2,(H,30,34)/t24-,26+/m0/s1. The second-order valence-corrected chi connectivity index (χ2v) is 9.35. The summed E-state index contributed by atoms with van der Waals surface area (Å²) in [7, 11) is 0. The predicted octanol–water partition coefficient (Wildman–Crippen LogP) is 4.05. The molecule has 0 aromatic heterocycles. The summed E-state index contributed by atoms with van der Waals surface area (Å²) in [6.07, 6.45) is 0.373. The second-order valence-electron chi connectivity index (χ2n) is 9.35. The van der Waals surface area contributed by atoms with Gasteiger partial charge in [0, 0.05) is 50.5 Å². The van der Waals surface area contributed by atoms with Gasteiger partial charge in [0.25, 0.3) is 5.69 Å². The lowest BCUT2D eigenvalue weighted by Gasteiger charge is -2.49. The number of amides is 1. The van der Waals surface area contributed by atoms with E-state index in [0.717, 1.165) is 23.4 Å². The van der Waals surface area contributed by atoms with Gasteiger partial charge in [0.15, 0.2) is 0 Å². The number of benzene rings is 3. The number of carbonyl (C=O) groups excluding carboxylic acids is 1. The van der Waals surface area contributed by atoms with E-state index in [1.165, 1.54) is 30.3 Å². The average molecular weight is 493 g/mol. The molecule has 2 atom stereocenters. The SMILES string of the molecule is O=C(NCc1cccc(F)c1)[C@H]1Cc2cc([N+](=O)[O-])ccc2N2CCN(Cc3ccc(F)cc3)C[C@H]12. The summed E-state index contributed by atoms with van der Waals surface area (Å²) in [6.45, 7) is 2.84. The van der Waals surface area contributed by atoms with Gasteiger partial charge in [0.05, 0.1) is 16.9 Å². The summed E-state index contributed by atoms with van der Waals surface area (Å²) in [5.41, 5.74) is 3.35. The Bertz CT molecular complexity index is 1280. The topological polar surface area (TPSA) is 78.7 Å². The molecule has 7 nitrogen and oxygen atoms in total. The van der Waals surface area contributed by atoms with E-state index in [-0.39, 0.29) is 35.8 Å². The average Bonchev–Trinajstić information content (AvgIpc) is 2.87. The largest absolute Gasteiger partial charge is 0.365 e. The minimum Gasteiger partial charge on any atom is -0.365 e. The molecule has 1 N–H and O–H groups in total. The molecule has 5 rings (SSSR count). The maximum absolute atomic E-state index is 13.6. The van der Waals surface area contributed by atoms with Gasteiger partial charge < -0.3 is 10.2 Å². The molecule has 2 heterocycles. The number of rotatable bonds is 6. The van der Waals surface area contributed by atoms with Crippen LogP contribution in [0.1, 0.15) is 16.7 Å². The minimum absolute atomic E-state index is 0.000986. The zero-order valence-corrected chi connectivity index (χ0v) is 19.6. The molecular weight excluding hydrogens is 466 g/mol. The van der Waals surface area contributed by atoms with Gasteiger partial charge in [-0.2, -0.15) is 0 Å². The fraction of sp³-hybridized carbons (Fsp3) is 0.296. The summed E-state index contributed by atoms with van der Waals surface area (Å²) < 4.78 is 26.9. The van der Waals surface area contributed by atoms with Crippen molar-refractivity contribution in [2.75, 3.05) is 24.5 Å². The van der Waals surface area contributed by atoms with Crippen LogP contribution in [-0.4, -0.2) is 41.4 Å². The maximum atomic E-state index is 13.6. The lowest BCUT2D eigenvalue weighted by atomic mass is 9.83. The molecule has 0 radical (unpaired) electrons. The van der Waals surface area contributed by atoms with Gasteiger partial charge >= 0.3 is 0 Å². The predicted molar refractivity (Wildman–Crippen MR) is 131 cm³/mol. The van der Waals surface area contributed by atoms with Gasteiger partial charge in [-0.3, -0.25) is 19.8 Å². The van der Waals surface area contributed by atoms with E-state index in [1.54, 1.807) is 36.4 Å². The Kier molecular flexibility index (Phi) is 6.65. The number of nitro groups is 1. The summed E-state index contributed by atoms with van der Waals surface area (Å²) in [4.78, 5) is 28.8. The van der Waals surface area contributed by atoms with Crippen LogP contribution in [0.3, 0.4) is 0 Å². The highest BCUT2D eigenvalue weighted by Crippen LogP contribution is 2.38. The van der Waals surface area contributed by atoms with Crippen LogP contribution >= 0.6 is 0 Å². The van der Waals surface area contributed by atoms with Gasteiger partial charge in [0.2, 0.25) is 5.91 Å². The van der Waals surface area contributed by atoms with Crippen molar-refractivity contribution in [1.29, 1.82) is 0 Å². The summed E-state index contributed by atoms with van der Waals surface area (Å²) >= 11 is 0. The fourth-order valence-corrected chi connectivity index (χ4v) is 5.24. The third-order valence-corrected chi connectivity index (χ3v) is 7.00. The number of carbonyl (C=O) groups is 1. The smallest absolute Gasteiger partial charge is 0.269 e. The van der Waals surface area contributed by atoms with Crippen molar-refractivity contribution in [1.82, 2.24) is 10.2 Å². The number of nitrogens with zero attached hydrogens (tertiary/aromatic N) is 3. The van der Waals surface area contributed by atoms with E-state index in [0.29, 0.717) is 31.6 Å². The molecule has 9 heteroatoms. The van der Waals surface area contributed by atoms with Gasteiger partial charge in [0.1, 0.15) is 11.6 Å². The Morgan fingerprint density at radius 3 is 2.56 bits per heavy atom. The second kappa shape index (κ2) is 10.0. The van der Waals surface area contributed by atoms with Crippen molar-refractivity contribution in [2.24, 2.45) is 5.92 Å². The number of fused-ring (bicyclic) bond motifs is 3. The third kappa shape index (κ3) is 5.06. The van der Waals surface area contributed by atoms with E-state index >= 15 is 0 Å². The number of hydrogen-bond acceptors (Lipinski definition) is 5. The number of non-ortho nitro benzene ring substituents is 1. The maximum Gasteiger partial charge on any atom is 0.269 e. The molecular formula is C27H26F2N4O3. The highest BCUT2D eigenvalue weighted by atomic mass is 19.1. The molecule has 0 saturated carbocycles. The monoisotopic (exact) mass is 492 g/mol. The fourth-order valence-electron chi connectivity index (χ4n) is 5.24. The van der Waals surface area contributed by atoms with E-state index in [1.807, 2.05) is 0 Å². The molecule has 36 heavy (non-hydrogen) atoms. The summed E-state index contributed by atoms with van der Waals surface area (Å²) in [5, 5.41) is 14.3. The Balaban J connectivity index is 1.39. The highest BCUT2D eigenvalue weighted by molar-refractivity contribution is 5.82. The lowest BCUT2D eigenvalue weighted by molar-refractivity contribution is -0.384. The molecule has 3 aromatic carbocycles. The molecule has 0 aliphatic carbocycles. The zero-order chi connectivity index (χ0) is 25.2. The van der Waals surface area contributed by atoms with Crippen LogP contribution in [0.2, 0.25) is 0 Å². The van der Waals surface area contributed by atoms with Crippen molar-refractivity contribution in [3.63, 3.8) is 0 Å². The first-order valence-electron chi connectivity index (χ1n) is 11.9. The first kappa shape index (κ1) is 23.9. The molecule has 0 spiro atoms. The van der Waals surface area contributed by atoms with Gasteiger partial charge in [-0.1, -0.05) is 24.3 Å². The molecule has 1 amide bonds. The van der Waals surface area contributed by atoms with E-state index in [2.05, 4.69) is 15.1 Å². The van der Waals surface area contributed by atoms with E-state index < -0.39 is 10.8 Å².